The minimum Gasteiger partial charge on any atom is -0.447 e. The molecule has 1 unspecified atom stereocenters. The highest BCUT2D eigenvalue weighted by atomic mass is 16.6. The second-order valence-corrected chi connectivity index (χ2v) is 6.55. The van der Waals surface area contributed by atoms with Crippen LogP contribution in [0.2, 0.25) is 0 Å². The normalized spacial score (nSPS) is 17.0. The van der Waals surface area contributed by atoms with Gasteiger partial charge in [-0.3, -0.25) is 9.69 Å². The Hall–Kier alpha value is -3.02. The van der Waals surface area contributed by atoms with Gasteiger partial charge in [-0.1, -0.05) is 24.3 Å². The highest BCUT2D eigenvalue weighted by molar-refractivity contribution is 5.98. The number of amides is 2. The lowest BCUT2D eigenvalue weighted by Crippen LogP contribution is -2.41. The van der Waals surface area contributed by atoms with Crippen LogP contribution in [-0.2, 0) is 16.0 Å². The summed E-state index contributed by atoms with van der Waals surface area (Å²) in [4.78, 5) is 28.2. The van der Waals surface area contributed by atoms with E-state index in [1.807, 2.05) is 37.3 Å². The highest BCUT2D eigenvalue weighted by Crippen LogP contribution is 2.29. The number of hydrogen-bond donors (Lipinski definition) is 1. The quantitative estimate of drug-likeness (QED) is 0.920. The summed E-state index contributed by atoms with van der Waals surface area (Å²) in [5.41, 5.74) is 3.81. The van der Waals surface area contributed by atoms with Gasteiger partial charge in [0.05, 0.1) is 6.54 Å². The van der Waals surface area contributed by atoms with Crippen molar-refractivity contribution < 1.29 is 14.3 Å². The number of rotatable bonds is 4. The van der Waals surface area contributed by atoms with Crippen LogP contribution in [0.4, 0.5) is 21.9 Å². The van der Waals surface area contributed by atoms with Crippen molar-refractivity contribution in [3.8, 4) is 0 Å². The van der Waals surface area contributed by atoms with Crippen LogP contribution in [0.3, 0.4) is 0 Å². The minimum atomic E-state index is -0.351. The first kappa shape index (κ1) is 16.4. The largest absolute Gasteiger partial charge is 0.447 e. The van der Waals surface area contributed by atoms with Crippen molar-refractivity contribution in [1.29, 1.82) is 0 Å². The molecule has 1 saturated heterocycles. The van der Waals surface area contributed by atoms with E-state index in [1.165, 1.54) is 5.56 Å². The molecule has 0 radical (unpaired) electrons. The van der Waals surface area contributed by atoms with Crippen molar-refractivity contribution in [2.45, 2.75) is 19.4 Å². The first-order chi connectivity index (χ1) is 12.6. The van der Waals surface area contributed by atoms with Crippen LogP contribution >= 0.6 is 0 Å². The Bertz CT molecular complexity index is 852. The number of hydrogen-bond acceptors (Lipinski definition) is 4. The molecular formula is C20H21N3O3. The maximum atomic E-state index is 12.7. The second-order valence-electron chi connectivity index (χ2n) is 6.55. The molecule has 0 aromatic heterocycles. The molecule has 1 fully saturated rings. The number of fused-ring (bicyclic) bond motifs is 1. The predicted molar refractivity (Wildman–Crippen MR) is 101 cm³/mol. The molecule has 26 heavy (non-hydrogen) atoms. The van der Waals surface area contributed by atoms with E-state index in [0.717, 1.165) is 24.3 Å². The van der Waals surface area contributed by atoms with Crippen LogP contribution in [0.1, 0.15) is 12.5 Å². The zero-order valence-electron chi connectivity index (χ0n) is 14.6. The highest BCUT2D eigenvalue weighted by Gasteiger charge is 2.28. The number of para-hydroxylation sites is 1. The Kier molecular flexibility index (Phi) is 4.24. The number of ether oxygens (including phenoxy) is 1. The van der Waals surface area contributed by atoms with Gasteiger partial charge in [-0.05, 0) is 43.2 Å². The summed E-state index contributed by atoms with van der Waals surface area (Å²) in [7, 11) is 0. The van der Waals surface area contributed by atoms with E-state index in [9.17, 15) is 9.59 Å². The van der Waals surface area contributed by atoms with E-state index in [-0.39, 0.29) is 18.0 Å². The molecule has 0 spiro atoms. The fraction of sp³-hybridized carbons (Fsp3) is 0.300. The predicted octanol–water partition coefficient (Wildman–Crippen LogP) is 3.03. The van der Waals surface area contributed by atoms with Gasteiger partial charge >= 0.3 is 6.09 Å². The summed E-state index contributed by atoms with van der Waals surface area (Å²) in [6, 6.07) is 15.2. The fourth-order valence-corrected chi connectivity index (χ4v) is 3.53. The molecule has 6 heteroatoms. The molecule has 1 atom stereocenters. The topological polar surface area (TPSA) is 61.9 Å². The molecule has 2 aliphatic heterocycles. The van der Waals surface area contributed by atoms with Crippen LogP contribution in [0, 0.1) is 0 Å². The number of cyclic esters (lactones) is 1. The van der Waals surface area contributed by atoms with Crippen molar-refractivity contribution >= 4 is 29.1 Å². The number of nitrogens with zero attached hydrogens (tertiary/aromatic N) is 2. The van der Waals surface area contributed by atoms with Crippen molar-refractivity contribution in [3.05, 3.63) is 54.1 Å². The molecule has 1 N–H and O–H groups in total. The van der Waals surface area contributed by atoms with Crippen LogP contribution in [-0.4, -0.2) is 37.7 Å². The molecule has 2 aromatic carbocycles. The van der Waals surface area contributed by atoms with E-state index >= 15 is 0 Å². The molecule has 0 aliphatic carbocycles. The number of anilines is 3. The Balaban J connectivity index is 1.47. The lowest BCUT2D eigenvalue weighted by molar-refractivity contribution is -0.117. The molecule has 4 rings (SSSR count). The number of carbonyl (C=O) groups is 2. The summed E-state index contributed by atoms with van der Waals surface area (Å²) in [5.74, 6) is -0.0668. The first-order valence-corrected chi connectivity index (χ1v) is 8.83. The number of carbonyl (C=O) groups excluding carboxylic acids is 2. The monoisotopic (exact) mass is 351 g/mol. The van der Waals surface area contributed by atoms with Gasteiger partial charge in [-0.25, -0.2) is 4.79 Å². The number of nitrogens with one attached hydrogen (secondary N) is 1. The summed E-state index contributed by atoms with van der Waals surface area (Å²) in [6.07, 6.45) is 0.607. The first-order valence-electron chi connectivity index (χ1n) is 8.83. The van der Waals surface area contributed by atoms with Crippen LogP contribution in [0.15, 0.2) is 48.5 Å². The molecule has 6 nitrogen and oxygen atoms in total. The SMILES string of the molecule is CC(C(=O)Nc1cccc(N2CCOC2=O)c1)N1CCc2ccccc21. The summed E-state index contributed by atoms with van der Waals surface area (Å²) in [5, 5.41) is 2.97. The maximum absolute atomic E-state index is 12.7. The molecule has 2 aliphatic rings. The van der Waals surface area contributed by atoms with Crippen LogP contribution < -0.4 is 15.1 Å². The summed E-state index contributed by atoms with van der Waals surface area (Å²) < 4.78 is 4.97. The molecule has 2 aromatic rings. The molecule has 134 valence electrons. The average Bonchev–Trinajstić information content (AvgIpc) is 3.27. The zero-order chi connectivity index (χ0) is 18.1. The fourth-order valence-electron chi connectivity index (χ4n) is 3.53. The van der Waals surface area contributed by atoms with Gasteiger partial charge in [0.25, 0.3) is 0 Å². The Morgan fingerprint density at radius 2 is 2.00 bits per heavy atom. The third kappa shape index (κ3) is 2.98. The van der Waals surface area contributed by atoms with Gasteiger partial charge in [0.15, 0.2) is 0 Å². The van der Waals surface area contributed by atoms with Gasteiger partial charge in [0.1, 0.15) is 12.6 Å². The zero-order valence-corrected chi connectivity index (χ0v) is 14.6. The molecular weight excluding hydrogens is 330 g/mol. The van der Waals surface area contributed by atoms with E-state index < -0.39 is 0 Å². The van der Waals surface area contributed by atoms with E-state index in [4.69, 9.17) is 4.74 Å². The van der Waals surface area contributed by atoms with Crippen LogP contribution in [0.25, 0.3) is 0 Å². The van der Waals surface area contributed by atoms with Crippen molar-refractivity contribution in [2.75, 3.05) is 34.8 Å². The average molecular weight is 351 g/mol. The van der Waals surface area contributed by atoms with Gasteiger partial charge in [0.2, 0.25) is 5.91 Å². The van der Waals surface area contributed by atoms with E-state index in [1.54, 1.807) is 11.0 Å². The van der Waals surface area contributed by atoms with Gasteiger partial charge < -0.3 is 15.0 Å². The second kappa shape index (κ2) is 6.71. The third-order valence-corrected chi connectivity index (χ3v) is 4.96. The third-order valence-electron chi connectivity index (χ3n) is 4.96. The van der Waals surface area contributed by atoms with Gasteiger partial charge in [-0.15, -0.1) is 0 Å². The summed E-state index contributed by atoms with van der Waals surface area (Å²) in [6.45, 7) is 3.67. The van der Waals surface area contributed by atoms with Gasteiger partial charge in [0, 0.05) is 23.6 Å². The Morgan fingerprint density at radius 3 is 2.81 bits per heavy atom. The van der Waals surface area contributed by atoms with Crippen LogP contribution in [0.5, 0.6) is 0 Å². The standard InChI is InChI=1S/C20H21N3O3/c1-14(22-10-9-15-5-2-3-8-18(15)22)19(24)21-16-6-4-7-17(13-16)23-11-12-26-20(23)25/h2-8,13-14H,9-12H2,1H3,(H,21,24). The maximum Gasteiger partial charge on any atom is 0.414 e. The van der Waals surface area contributed by atoms with Crippen molar-refractivity contribution in [2.24, 2.45) is 0 Å². The smallest absolute Gasteiger partial charge is 0.414 e. The molecule has 2 amide bonds. The lowest BCUT2D eigenvalue weighted by Gasteiger charge is -2.26. The Labute approximate surface area is 152 Å². The lowest BCUT2D eigenvalue weighted by atomic mass is 10.1. The van der Waals surface area contributed by atoms with Crippen molar-refractivity contribution in [1.82, 2.24) is 0 Å². The van der Waals surface area contributed by atoms with Gasteiger partial charge in [-0.2, -0.15) is 0 Å². The van der Waals surface area contributed by atoms with E-state index in [0.29, 0.717) is 18.8 Å². The number of benzene rings is 2. The Morgan fingerprint density at radius 1 is 1.15 bits per heavy atom. The minimum absolute atomic E-state index is 0.0668. The molecule has 0 saturated carbocycles. The summed E-state index contributed by atoms with van der Waals surface area (Å²) >= 11 is 0. The van der Waals surface area contributed by atoms with Crippen molar-refractivity contribution in [3.63, 3.8) is 0 Å². The van der Waals surface area contributed by atoms with E-state index in [2.05, 4.69) is 22.3 Å². The molecule has 2 heterocycles. The molecule has 0 bridgehead atoms.